The first kappa shape index (κ1) is 18.3. The number of nitrogens with zero attached hydrogens (tertiary/aromatic N) is 4. The smallest absolute Gasteiger partial charge is 0.288 e. The molecule has 0 bridgehead atoms. The molecular formula is C13H12F3N5O4S. The summed E-state index contributed by atoms with van der Waals surface area (Å²) in [6, 6.07) is 3.18. The van der Waals surface area contributed by atoms with Crippen molar-refractivity contribution in [1.29, 1.82) is 0 Å². The van der Waals surface area contributed by atoms with Crippen LogP contribution in [0.3, 0.4) is 0 Å². The molecule has 1 aromatic carbocycles. The molecule has 1 amide bonds. The third kappa shape index (κ3) is 3.27. The van der Waals surface area contributed by atoms with E-state index in [9.17, 15) is 26.4 Å². The highest BCUT2D eigenvalue weighted by atomic mass is 32.2. The predicted octanol–water partition coefficient (Wildman–Crippen LogP) is 0.620. The Morgan fingerprint density at radius 2 is 1.85 bits per heavy atom. The molecule has 0 saturated heterocycles. The fourth-order valence-electron chi connectivity index (χ4n) is 2.43. The van der Waals surface area contributed by atoms with Gasteiger partial charge in [-0.25, -0.2) is 23.6 Å². The van der Waals surface area contributed by atoms with Crippen molar-refractivity contribution in [1.82, 2.24) is 24.5 Å². The van der Waals surface area contributed by atoms with Gasteiger partial charge in [-0.1, -0.05) is 0 Å². The van der Waals surface area contributed by atoms with E-state index in [1.54, 1.807) is 0 Å². The predicted molar refractivity (Wildman–Crippen MR) is 78.3 cm³/mol. The van der Waals surface area contributed by atoms with Crippen LogP contribution in [-0.4, -0.2) is 45.1 Å². The maximum absolute atomic E-state index is 12.6. The minimum absolute atomic E-state index is 0.0000996. The summed E-state index contributed by atoms with van der Waals surface area (Å²) < 4.78 is 65.4. The van der Waals surface area contributed by atoms with Gasteiger partial charge in [-0.2, -0.15) is 17.5 Å². The Kier molecular flexibility index (Phi) is 4.46. The number of nitrogens with one attached hydrogen (secondary N) is 1. The van der Waals surface area contributed by atoms with E-state index in [1.807, 2.05) is 0 Å². The molecule has 0 spiro atoms. The maximum atomic E-state index is 12.6. The molecule has 2 N–H and O–H groups in total. The second kappa shape index (κ2) is 6.34. The van der Waals surface area contributed by atoms with E-state index >= 15 is 0 Å². The van der Waals surface area contributed by atoms with Crippen LogP contribution < -0.4 is 5.48 Å². The van der Waals surface area contributed by atoms with Gasteiger partial charge in [0.25, 0.3) is 0 Å². The third-order valence-electron chi connectivity index (χ3n) is 3.75. The van der Waals surface area contributed by atoms with Gasteiger partial charge in [-0.05, 0) is 24.3 Å². The van der Waals surface area contributed by atoms with Gasteiger partial charge in [0.2, 0.25) is 15.8 Å². The molecule has 0 atom stereocenters. The molecule has 9 nitrogen and oxygen atoms in total. The van der Waals surface area contributed by atoms with Crippen molar-refractivity contribution < 1.29 is 31.6 Å². The fourth-order valence-corrected chi connectivity index (χ4v) is 3.82. The normalized spacial score (nSPS) is 15.5. The van der Waals surface area contributed by atoms with Crippen LogP contribution in [0, 0.1) is 0 Å². The largest absolute Gasteiger partial charge is 0.416 e. The van der Waals surface area contributed by atoms with Crippen molar-refractivity contribution in [3.8, 4) is 0 Å². The number of benzene rings is 1. The van der Waals surface area contributed by atoms with E-state index in [4.69, 9.17) is 5.21 Å². The van der Waals surface area contributed by atoms with Crippen molar-refractivity contribution in [3.05, 3.63) is 41.5 Å². The molecule has 1 aromatic heterocycles. The lowest BCUT2D eigenvalue weighted by molar-refractivity contribution is -0.137. The maximum Gasteiger partial charge on any atom is 0.416 e. The first-order valence-corrected chi connectivity index (χ1v) is 8.62. The molecule has 0 unspecified atom stereocenters. The number of hydroxylamine groups is 1. The summed E-state index contributed by atoms with van der Waals surface area (Å²) >= 11 is 0. The minimum atomic E-state index is -4.56. The number of alkyl halides is 3. The van der Waals surface area contributed by atoms with Crippen LogP contribution >= 0.6 is 0 Å². The number of fused-ring (bicyclic) bond motifs is 1. The fraction of sp³-hybridized carbons (Fsp3) is 0.308. The van der Waals surface area contributed by atoms with Crippen LogP contribution in [0.5, 0.6) is 0 Å². The SMILES string of the molecule is O=C(NO)c1nc2n(n1)CCN(S(=O)(=O)c1ccc(C(F)(F)F)cc1)C2. The average Bonchev–Trinajstić information content (AvgIpc) is 3.03. The van der Waals surface area contributed by atoms with Gasteiger partial charge in [0.1, 0.15) is 5.82 Å². The number of hydrogen-bond acceptors (Lipinski definition) is 6. The van der Waals surface area contributed by atoms with Gasteiger partial charge >= 0.3 is 12.1 Å². The number of rotatable bonds is 3. The van der Waals surface area contributed by atoms with E-state index in [0.717, 1.165) is 16.4 Å². The van der Waals surface area contributed by atoms with Gasteiger partial charge in [0, 0.05) is 6.54 Å². The second-order valence-corrected chi connectivity index (χ2v) is 7.31. The zero-order chi connectivity index (χ0) is 19.1. The van der Waals surface area contributed by atoms with Gasteiger partial charge in [-0.15, -0.1) is 5.10 Å². The molecule has 0 saturated carbocycles. The Morgan fingerprint density at radius 1 is 1.19 bits per heavy atom. The van der Waals surface area contributed by atoms with E-state index in [-0.39, 0.29) is 36.2 Å². The molecule has 140 valence electrons. The Balaban J connectivity index is 1.85. The molecule has 13 heteroatoms. The summed E-state index contributed by atoms with van der Waals surface area (Å²) in [7, 11) is -4.05. The third-order valence-corrected chi connectivity index (χ3v) is 5.61. The van der Waals surface area contributed by atoms with E-state index in [0.29, 0.717) is 12.1 Å². The molecule has 1 aliphatic heterocycles. The van der Waals surface area contributed by atoms with Crippen LogP contribution in [0.15, 0.2) is 29.2 Å². The van der Waals surface area contributed by atoms with Crippen LogP contribution in [0.4, 0.5) is 13.2 Å². The number of carbonyl (C=O) groups is 1. The van der Waals surface area contributed by atoms with E-state index < -0.39 is 27.7 Å². The van der Waals surface area contributed by atoms with Crippen molar-refractivity contribution in [2.45, 2.75) is 24.2 Å². The Labute approximate surface area is 145 Å². The summed E-state index contributed by atoms with van der Waals surface area (Å²) in [5.74, 6) is -1.09. The lowest BCUT2D eigenvalue weighted by atomic mass is 10.2. The zero-order valence-corrected chi connectivity index (χ0v) is 13.8. The van der Waals surface area contributed by atoms with Gasteiger partial charge in [0.05, 0.1) is 23.5 Å². The molecule has 1 aliphatic rings. The lowest BCUT2D eigenvalue weighted by Gasteiger charge is -2.26. The Morgan fingerprint density at radius 3 is 2.42 bits per heavy atom. The summed E-state index contributed by atoms with van der Waals surface area (Å²) in [6.07, 6.45) is -4.56. The van der Waals surface area contributed by atoms with Gasteiger partial charge < -0.3 is 0 Å². The molecule has 2 aromatic rings. The quantitative estimate of drug-likeness (QED) is 0.585. The van der Waals surface area contributed by atoms with Crippen LogP contribution in [0.25, 0.3) is 0 Å². The molecular weight excluding hydrogens is 379 g/mol. The van der Waals surface area contributed by atoms with Crippen molar-refractivity contribution in [2.75, 3.05) is 6.54 Å². The molecule has 0 radical (unpaired) electrons. The molecule has 2 heterocycles. The summed E-state index contributed by atoms with van der Waals surface area (Å²) in [5, 5.41) is 12.4. The molecule has 26 heavy (non-hydrogen) atoms. The topological polar surface area (TPSA) is 117 Å². The minimum Gasteiger partial charge on any atom is -0.288 e. The van der Waals surface area contributed by atoms with Crippen LogP contribution in [0.1, 0.15) is 22.0 Å². The highest BCUT2D eigenvalue weighted by molar-refractivity contribution is 7.89. The highest BCUT2D eigenvalue weighted by Crippen LogP contribution is 2.30. The number of aromatic nitrogens is 3. The number of hydrogen-bond donors (Lipinski definition) is 2. The van der Waals surface area contributed by atoms with Crippen LogP contribution in [-0.2, 0) is 29.3 Å². The number of sulfonamides is 1. The van der Waals surface area contributed by atoms with Gasteiger partial charge in [0.15, 0.2) is 0 Å². The van der Waals surface area contributed by atoms with Gasteiger partial charge in [-0.3, -0.25) is 10.0 Å². The molecule has 3 rings (SSSR count). The van der Waals surface area contributed by atoms with Crippen molar-refractivity contribution in [3.63, 3.8) is 0 Å². The summed E-state index contributed by atoms with van der Waals surface area (Å²) in [5.41, 5.74) is 0.425. The first-order chi connectivity index (χ1) is 12.1. The van der Waals surface area contributed by atoms with Crippen molar-refractivity contribution in [2.24, 2.45) is 0 Å². The van der Waals surface area contributed by atoms with Crippen LogP contribution in [0.2, 0.25) is 0 Å². The first-order valence-electron chi connectivity index (χ1n) is 7.18. The lowest BCUT2D eigenvalue weighted by Crippen LogP contribution is -2.38. The molecule has 0 aliphatic carbocycles. The van der Waals surface area contributed by atoms with Crippen molar-refractivity contribution >= 4 is 15.9 Å². The summed E-state index contributed by atoms with van der Waals surface area (Å²) in [6.45, 7) is -0.115. The average molecular weight is 391 g/mol. The van der Waals surface area contributed by atoms with E-state index in [1.165, 1.54) is 10.2 Å². The number of halogens is 3. The monoisotopic (exact) mass is 391 g/mol. The Bertz CT molecular complexity index is 940. The molecule has 0 fully saturated rings. The number of amides is 1. The number of carbonyl (C=O) groups excluding carboxylic acids is 1. The standard InChI is InChI=1S/C13H12F3N5O4S/c14-13(15,16)8-1-3-9(4-2-8)26(24,25)20-5-6-21-10(7-20)17-11(18-21)12(22)19-23/h1-4,23H,5-7H2,(H,19,22). The highest BCUT2D eigenvalue weighted by Gasteiger charge is 2.33. The Hall–Kier alpha value is -2.51. The summed E-state index contributed by atoms with van der Waals surface area (Å²) in [4.78, 5) is 14.9. The second-order valence-electron chi connectivity index (χ2n) is 5.38. The van der Waals surface area contributed by atoms with E-state index in [2.05, 4.69) is 10.1 Å². The zero-order valence-electron chi connectivity index (χ0n) is 12.9.